The van der Waals surface area contributed by atoms with Gasteiger partial charge in [-0.05, 0) is 12.1 Å². The summed E-state index contributed by atoms with van der Waals surface area (Å²) in [4.78, 5) is 28.1. The van der Waals surface area contributed by atoms with Crippen LogP contribution >= 0.6 is 22.9 Å². The highest BCUT2D eigenvalue weighted by atomic mass is 35.5. The number of carboxylic acid groups (broad SMARTS) is 1. The number of hydrogen-bond donors (Lipinski definition) is 2. The van der Waals surface area contributed by atoms with Gasteiger partial charge in [-0.25, -0.2) is 4.98 Å². The molecule has 0 atom stereocenters. The van der Waals surface area contributed by atoms with Gasteiger partial charge in [0, 0.05) is 20.9 Å². The first-order valence-electron chi connectivity index (χ1n) is 6.95. The van der Waals surface area contributed by atoms with Gasteiger partial charge >= 0.3 is 5.97 Å². The third-order valence-corrected chi connectivity index (χ3v) is 4.25. The predicted molar refractivity (Wildman–Crippen MR) is 92.0 cm³/mol. The number of halogens is 1. The number of nitrogens with zero attached hydrogens (tertiary/aromatic N) is 1. The standard InChI is InChI=1S/C16H17ClN2O3S/c1-16(2,3)14(22)19-15-18-13(11(23-15)8-12(20)21)9-4-6-10(17)7-5-9/h4-7H,8H2,1-3H3,(H,20,21)(H,18,19,22). The molecule has 0 radical (unpaired) electrons. The average molecular weight is 353 g/mol. The summed E-state index contributed by atoms with van der Waals surface area (Å²) in [5, 5.41) is 12.8. The molecule has 0 saturated carbocycles. The van der Waals surface area contributed by atoms with Gasteiger partial charge in [-0.3, -0.25) is 9.59 Å². The zero-order valence-corrected chi connectivity index (χ0v) is 14.6. The smallest absolute Gasteiger partial charge is 0.308 e. The van der Waals surface area contributed by atoms with Crippen molar-refractivity contribution in [3.8, 4) is 11.3 Å². The molecule has 0 fully saturated rings. The summed E-state index contributed by atoms with van der Waals surface area (Å²) in [6.45, 7) is 5.40. The predicted octanol–water partition coefficient (Wildman–Crippen LogP) is 4.08. The van der Waals surface area contributed by atoms with Gasteiger partial charge in [0.15, 0.2) is 5.13 Å². The number of hydrogen-bond acceptors (Lipinski definition) is 4. The molecule has 0 aliphatic carbocycles. The molecule has 2 rings (SSSR count). The Bertz CT molecular complexity index is 733. The fourth-order valence-corrected chi connectivity index (χ4v) is 2.88. The van der Waals surface area contributed by atoms with Crippen LogP contribution in [0.1, 0.15) is 25.6 Å². The monoisotopic (exact) mass is 352 g/mol. The molecule has 2 aromatic rings. The minimum Gasteiger partial charge on any atom is -0.481 e. The molecule has 0 aliphatic heterocycles. The van der Waals surface area contributed by atoms with E-state index in [9.17, 15) is 9.59 Å². The Morgan fingerprint density at radius 1 is 1.26 bits per heavy atom. The van der Waals surface area contributed by atoms with Crippen molar-refractivity contribution in [3.63, 3.8) is 0 Å². The Morgan fingerprint density at radius 3 is 2.39 bits per heavy atom. The van der Waals surface area contributed by atoms with Gasteiger partial charge < -0.3 is 10.4 Å². The maximum atomic E-state index is 12.1. The van der Waals surface area contributed by atoms with Crippen molar-refractivity contribution in [1.82, 2.24) is 4.98 Å². The second kappa shape index (κ2) is 6.68. The van der Waals surface area contributed by atoms with E-state index in [0.29, 0.717) is 20.7 Å². The summed E-state index contributed by atoms with van der Waals surface area (Å²) in [7, 11) is 0. The lowest BCUT2D eigenvalue weighted by molar-refractivity contribution is -0.136. The molecule has 7 heteroatoms. The third-order valence-electron chi connectivity index (χ3n) is 3.03. The largest absolute Gasteiger partial charge is 0.481 e. The summed E-state index contributed by atoms with van der Waals surface area (Å²) in [5.74, 6) is -1.12. The second-order valence-corrected chi connectivity index (χ2v) is 7.59. The van der Waals surface area contributed by atoms with Gasteiger partial charge in [-0.1, -0.05) is 44.5 Å². The number of carbonyl (C=O) groups excluding carboxylic acids is 1. The SMILES string of the molecule is CC(C)(C)C(=O)Nc1nc(-c2ccc(Cl)cc2)c(CC(=O)O)s1. The Labute approximate surface area is 143 Å². The fraction of sp³-hybridized carbons (Fsp3) is 0.312. The van der Waals surface area contributed by atoms with Crippen molar-refractivity contribution >= 4 is 39.9 Å². The topological polar surface area (TPSA) is 79.3 Å². The van der Waals surface area contributed by atoms with Crippen LogP contribution in [0.15, 0.2) is 24.3 Å². The van der Waals surface area contributed by atoms with Gasteiger partial charge in [-0.2, -0.15) is 0 Å². The number of thiazole rings is 1. The maximum absolute atomic E-state index is 12.1. The van der Waals surface area contributed by atoms with Crippen LogP contribution < -0.4 is 5.32 Å². The van der Waals surface area contributed by atoms with E-state index in [2.05, 4.69) is 10.3 Å². The van der Waals surface area contributed by atoms with Crippen molar-refractivity contribution in [1.29, 1.82) is 0 Å². The Hall–Kier alpha value is -1.92. The number of nitrogens with one attached hydrogen (secondary N) is 1. The number of aliphatic carboxylic acids is 1. The fourth-order valence-electron chi connectivity index (χ4n) is 1.78. The van der Waals surface area contributed by atoms with Crippen LogP contribution in [0.2, 0.25) is 5.02 Å². The Morgan fingerprint density at radius 2 is 1.87 bits per heavy atom. The van der Waals surface area contributed by atoms with Crippen molar-refractivity contribution in [2.75, 3.05) is 5.32 Å². The summed E-state index contributed by atoms with van der Waals surface area (Å²) >= 11 is 7.05. The van der Waals surface area contributed by atoms with Crippen LogP contribution in [-0.2, 0) is 16.0 Å². The molecule has 0 aliphatic rings. The minimum atomic E-state index is -0.947. The quantitative estimate of drug-likeness (QED) is 0.869. The molecular formula is C16H17ClN2O3S. The molecule has 0 saturated heterocycles. The van der Waals surface area contributed by atoms with E-state index in [1.165, 1.54) is 11.3 Å². The number of benzene rings is 1. The molecule has 1 amide bonds. The molecule has 1 aromatic heterocycles. The molecule has 122 valence electrons. The van der Waals surface area contributed by atoms with Crippen molar-refractivity contribution in [2.45, 2.75) is 27.2 Å². The van der Waals surface area contributed by atoms with E-state index >= 15 is 0 Å². The van der Waals surface area contributed by atoms with Crippen LogP contribution in [0.4, 0.5) is 5.13 Å². The number of carboxylic acids is 1. The Balaban J connectivity index is 2.38. The summed E-state index contributed by atoms with van der Waals surface area (Å²) in [5.41, 5.74) is 0.760. The van der Waals surface area contributed by atoms with E-state index < -0.39 is 11.4 Å². The molecule has 5 nitrogen and oxygen atoms in total. The van der Waals surface area contributed by atoms with E-state index in [4.69, 9.17) is 16.7 Å². The van der Waals surface area contributed by atoms with Crippen LogP contribution in [0, 0.1) is 5.41 Å². The van der Waals surface area contributed by atoms with Gasteiger partial charge in [0.1, 0.15) is 0 Å². The van der Waals surface area contributed by atoms with E-state index in [0.717, 1.165) is 5.56 Å². The third kappa shape index (κ3) is 4.53. The molecule has 0 bridgehead atoms. The van der Waals surface area contributed by atoms with E-state index in [-0.39, 0.29) is 12.3 Å². The maximum Gasteiger partial charge on any atom is 0.308 e. The lowest BCUT2D eigenvalue weighted by Crippen LogP contribution is -2.27. The van der Waals surface area contributed by atoms with Crippen LogP contribution in [-0.4, -0.2) is 22.0 Å². The number of carbonyl (C=O) groups is 2. The first kappa shape index (κ1) is 17.4. The van der Waals surface area contributed by atoms with Crippen LogP contribution in [0.5, 0.6) is 0 Å². The highest BCUT2D eigenvalue weighted by molar-refractivity contribution is 7.16. The summed E-state index contributed by atoms with van der Waals surface area (Å²) in [6.07, 6.45) is -0.152. The normalized spacial score (nSPS) is 11.3. The molecule has 0 unspecified atom stereocenters. The highest BCUT2D eigenvalue weighted by Gasteiger charge is 2.24. The number of amides is 1. The van der Waals surface area contributed by atoms with Crippen molar-refractivity contribution in [3.05, 3.63) is 34.2 Å². The van der Waals surface area contributed by atoms with Gasteiger partial charge in [-0.15, -0.1) is 11.3 Å². The molecule has 1 heterocycles. The van der Waals surface area contributed by atoms with Crippen LogP contribution in [0.25, 0.3) is 11.3 Å². The number of rotatable bonds is 4. The summed E-state index contributed by atoms with van der Waals surface area (Å²) in [6, 6.07) is 6.98. The van der Waals surface area contributed by atoms with Gasteiger partial charge in [0.05, 0.1) is 12.1 Å². The first-order valence-corrected chi connectivity index (χ1v) is 8.15. The van der Waals surface area contributed by atoms with E-state index in [1.54, 1.807) is 45.0 Å². The number of anilines is 1. The van der Waals surface area contributed by atoms with Gasteiger partial charge in [0.25, 0.3) is 0 Å². The zero-order chi connectivity index (χ0) is 17.2. The zero-order valence-electron chi connectivity index (χ0n) is 13.0. The van der Waals surface area contributed by atoms with Crippen LogP contribution in [0.3, 0.4) is 0 Å². The molecule has 0 spiro atoms. The minimum absolute atomic E-state index is 0.152. The van der Waals surface area contributed by atoms with Gasteiger partial charge in [0.2, 0.25) is 5.91 Å². The Kier molecular flexibility index (Phi) is 5.06. The average Bonchev–Trinajstić information content (AvgIpc) is 2.80. The molecule has 1 aromatic carbocycles. The highest BCUT2D eigenvalue weighted by Crippen LogP contribution is 2.33. The molecular weight excluding hydrogens is 336 g/mol. The van der Waals surface area contributed by atoms with Crippen molar-refractivity contribution in [2.24, 2.45) is 5.41 Å². The summed E-state index contributed by atoms with van der Waals surface area (Å²) < 4.78 is 0. The molecule has 23 heavy (non-hydrogen) atoms. The van der Waals surface area contributed by atoms with Crippen molar-refractivity contribution < 1.29 is 14.7 Å². The number of aromatic nitrogens is 1. The molecule has 2 N–H and O–H groups in total. The lowest BCUT2D eigenvalue weighted by atomic mass is 9.96. The first-order chi connectivity index (χ1) is 10.7. The van der Waals surface area contributed by atoms with E-state index in [1.807, 2.05) is 0 Å². The lowest BCUT2D eigenvalue weighted by Gasteiger charge is -2.15. The second-order valence-electron chi connectivity index (χ2n) is 6.07.